The van der Waals surface area contributed by atoms with Crippen molar-refractivity contribution in [1.29, 1.82) is 0 Å². The standard InChI is InChI=1S/C33H37OP/c1-32(2,3)29-20-28(21-30(22-29)33(4,5)6)27-15-11-14-26(19-27)25-13-10-12-24(18-25)23-35(34)31-16-8-7-9-17-31/h7-22,34H,23H2,1-6H3. The van der Waals surface area contributed by atoms with Crippen molar-refractivity contribution in [2.24, 2.45) is 0 Å². The van der Waals surface area contributed by atoms with Gasteiger partial charge in [-0.3, -0.25) is 0 Å². The molecule has 1 nitrogen and oxygen atoms in total. The second kappa shape index (κ2) is 10.1. The van der Waals surface area contributed by atoms with Crippen molar-refractivity contribution in [3.63, 3.8) is 0 Å². The number of rotatable bonds is 5. The third-order valence-corrected chi connectivity index (χ3v) is 8.07. The van der Waals surface area contributed by atoms with Crippen molar-refractivity contribution >= 4 is 13.5 Å². The van der Waals surface area contributed by atoms with Crippen LogP contribution in [0.5, 0.6) is 0 Å². The summed E-state index contributed by atoms with van der Waals surface area (Å²) in [6, 6.07) is 34.5. The van der Waals surface area contributed by atoms with Gasteiger partial charge < -0.3 is 4.89 Å². The summed E-state index contributed by atoms with van der Waals surface area (Å²) in [6.07, 6.45) is 0.662. The predicted octanol–water partition coefficient (Wildman–Crippen LogP) is 8.83. The van der Waals surface area contributed by atoms with Crippen molar-refractivity contribution in [3.8, 4) is 22.3 Å². The summed E-state index contributed by atoms with van der Waals surface area (Å²) >= 11 is 0. The second-order valence-electron chi connectivity index (χ2n) is 11.5. The first-order valence-corrected chi connectivity index (χ1v) is 13.9. The average Bonchev–Trinajstić information content (AvgIpc) is 2.83. The summed E-state index contributed by atoms with van der Waals surface area (Å²) in [6.45, 7) is 13.7. The second-order valence-corrected chi connectivity index (χ2v) is 13.1. The van der Waals surface area contributed by atoms with E-state index in [0.717, 1.165) is 10.9 Å². The Morgan fingerprint density at radius 2 is 1.06 bits per heavy atom. The van der Waals surface area contributed by atoms with Crippen LogP contribution in [0.15, 0.2) is 97.1 Å². The fourth-order valence-corrected chi connectivity index (χ4v) is 5.49. The fraction of sp³-hybridized carbons (Fsp3) is 0.273. The Labute approximate surface area is 212 Å². The molecular formula is C33H37OP. The van der Waals surface area contributed by atoms with Gasteiger partial charge in [-0.15, -0.1) is 0 Å². The van der Waals surface area contributed by atoms with Crippen LogP contribution in [0.1, 0.15) is 58.2 Å². The molecule has 0 bridgehead atoms. The zero-order valence-corrected chi connectivity index (χ0v) is 22.7. The van der Waals surface area contributed by atoms with Crippen LogP contribution in [-0.4, -0.2) is 4.89 Å². The molecule has 1 unspecified atom stereocenters. The Morgan fingerprint density at radius 1 is 0.543 bits per heavy atom. The van der Waals surface area contributed by atoms with E-state index in [4.69, 9.17) is 0 Å². The Balaban J connectivity index is 1.68. The first kappa shape index (κ1) is 25.4. The molecule has 1 atom stereocenters. The molecule has 4 aromatic carbocycles. The predicted molar refractivity (Wildman–Crippen MR) is 154 cm³/mol. The van der Waals surface area contributed by atoms with E-state index >= 15 is 0 Å². The van der Waals surface area contributed by atoms with Gasteiger partial charge in [0.15, 0.2) is 0 Å². The summed E-state index contributed by atoms with van der Waals surface area (Å²) in [5.74, 6) is 0. The molecule has 0 aliphatic carbocycles. The van der Waals surface area contributed by atoms with Crippen LogP contribution in [0.4, 0.5) is 0 Å². The smallest absolute Gasteiger partial charge is 0.0608 e. The zero-order valence-electron chi connectivity index (χ0n) is 21.8. The lowest BCUT2D eigenvalue weighted by Gasteiger charge is -2.26. The number of hydrogen-bond acceptors (Lipinski definition) is 1. The third kappa shape index (κ3) is 6.29. The lowest BCUT2D eigenvalue weighted by molar-refractivity contribution is 0.569. The minimum atomic E-state index is -1.21. The topological polar surface area (TPSA) is 20.2 Å². The molecule has 0 radical (unpaired) electrons. The average molecular weight is 481 g/mol. The third-order valence-electron chi connectivity index (χ3n) is 6.51. The summed E-state index contributed by atoms with van der Waals surface area (Å²) in [4.78, 5) is 10.8. The first-order valence-electron chi connectivity index (χ1n) is 12.4. The molecule has 4 aromatic rings. The lowest BCUT2D eigenvalue weighted by Crippen LogP contribution is -2.16. The summed E-state index contributed by atoms with van der Waals surface area (Å²) in [5.41, 5.74) is 8.95. The molecule has 180 valence electrons. The SMILES string of the molecule is CC(C)(C)c1cc(-c2cccc(-c3cccc(CP(O)c4ccccc4)c3)c2)cc(C(C)(C)C)c1. The number of hydrogen-bond donors (Lipinski definition) is 1. The molecule has 0 spiro atoms. The molecule has 2 heteroatoms. The highest BCUT2D eigenvalue weighted by atomic mass is 31.1. The highest BCUT2D eigenvalue weighted by molar-refractivity contribution is 7.59. The van der Waals surface area contributed by atoms with E-state index < -0.39 is 8.15 Å². The van der Waals surface area contributed by atoms with Crippen molar-refractivity contribution in [2.45, 2.75) is 58.5 Å². The molecule has 0 fully saturated rings. The molecule has 0 aliphatic heterocycles. The van der Waals surface area contributed by atoms with Gasteiger partial charge in [0.2, 0.25) is 0 Å². The van der Waals surface area contributed by atoms with Gasteiger partial charge in [0.05, 0.1) is 8.15 Å². The molecule has 4 rings (SSSR count). The maximum atomic E-state index is 10.8. The normalized spacial score (nSPS) is 13.0. The Bertz CT molecular complexity index is 1260. The Hall–Kier alpha value is -2.73. The molecule has 0 aliphatic rings. The van der Waals surface area contributed by atoms with Gasteiger partial charge in [0.1, 0.15) is 0 Å². The van der Waals surface area contributed by atoms with Gasteiger partial charge in [0, 0.05) is 11.5 Å². The van der Waals surface area contributed by atoms with E-state index in [1.807, 2.05) is 30.3 Å². The Morgan fingerprint density at radius 3 is 1.63 bits per heavy atom. The van der Waals surface area contributed by atoms with Crippen molar-refractivity contribution in [1.82, 2.24) is 0 Å². The van der Waals surface area contributed by atoms with Crippen molar-refractivity contribution < 1.29 is 4.89 Å². The molecule has 0 heterocycles. The minimum absolute atomic E-state index is 0.0867. The monoisotopic (exact) mass is 480 g/mol. The van der Waals surface area contributed by atoms with E-state index in [-0.39, 0.29) is 10.8 Å². The molecule has 0 saturated heterocycles. The van der Waals surface area contributed by atoms with Crippen LogP contribution in [0.2, 0.25) is 0 Å². The zero-order chi connectivity index (χ0) is 25.2. The lowest BCUT2D eigenvalue weighted by atomic mass is 9.79. The quantitative estimate of drug-likeness (QED) is 0.283. The van der Waals surface area contributed by atoms with Gasteiger partial charge in [0.25, 0.3) is 0 Å². The maximum absolute atomic E-state index is 10.8. The van der Waals surface area contributed by atoms with Crippen molar-refractivity contribution in [2.75, 3.05) is 0 Å². The van der Waals surface area contributed by atoms with E-state index in [0.29, 0.717) is 6.16 Å². The fourth-order valence-electron chi connectivity index (χ4n) is 4.25. The van der Waals surface area contributed by atoms with Crippen LogP contribution in [0, 0.1) is 0 Å². The van der Waals surface area contributed by atoms with Gasteiger partial charge in [-0.25, -0.2) is 0 Å². The van der Waals surface area contributed by atoms with Gasteiger partial charge >= 0.3 is 0 Å². The van der Waals surface area contributed by atoms with E-state index in [1.165, 1.54) is 33.4 Å². The van der Waals surface area contributed by atoms with Crippen LogP contribution < -0.4 is 5.30 Å². The highest BCUT2D eigenvalue weighted by Gasteiger charge is 2.21. The van der Waals surface area contributed by atoms with Gasteiger partial charge in [-0.05, 0) is 55.8 Å². The maximum Gasteiger partial charge on any atom is 0.0608 e. The summed E-state index contributed by atoms with van der Waals surface area (Å²) in [5, 5.41) is 1.02. The van der Waals surface area contributed by atoms with Crippen molar-refractivity contribution in [3.05, 3.63) is 114 Å². The van der Waals surface area contributed by atoms with Crippen LogP contribution in [-0.2, 0) is 17.0 Å². The van der Waals surface area contributed by atoms with E-state index in [1.54, 1.807) is 0 Å². The summed E-state index contributed by atoms with van der Waals surface area (Å²) in [7, 11) is -1.21. The molecule has 0 amide bonds. The summed E-state index contributed by atoms with van der Waals surface area (Å²) < 4.78 is 0. The number of benzene rings is 4. The molecule has 35 heavy (non-hydrogen) atoms. The van der Waals surface area contributed by atoms with Crippen LogP contribution >= 0.6 is 8.15 Å². The molecular weight excluding hydrogens is 443 g/mol. The van der Waals surface area contributed by atoms with E-state index in [2.05, 4.69) is 108 Å². The van der Waals surface area contributed by atoms with E-state index in [9.17, 15) is 4.89 Å². The largest absolute Gasteiger partial charge is 0.369 e. The van der Waals surface area contributed by atoms with Gasteiger partial charge in [-0.1, -0.05) is 133 Å². The first-order chi connectivity index (χ1) is 16.5. The van der Waals surface area contributed by atoms with Crippen LogP contribution in [0.3, 0.4) is 0 Å². The van der Waals surface area contributed by atoms with Gasteiger partial charge in [-0.2, -0.15) is 0 Å². The minimum Gasteiger partial charge on any atom is -0.369 e. The molecule has 0 saturated carbocycles. The molecule has 0 aromatic heterocycles. The highest BCUT2D eigenvalue weighted by Crippen LogP contribution is 2.37. The Kier molecular flexibility index (Phi) is 7.32. The van der Waals surface area contributed by atoms with Crippen LogP contribution in [0.25, 0.3) is 22.3 Å². The molecule has 1 N–H and O–H groups in total.